The van der Waals surface area contributed by atoms with Gasteiger partial charge in [-0.25, -0.2) is 9.78 Å². The Morgan fingerprint density at radius 2 is 2.15 bits per heavy atom. The fourth-order valence-electron chi connectivity index (χ4n) is 3.96. The summed E-state index contributed by atoms with van der Waals surface area (Å²) in [7, 11) is 0. The number of halogens is 2. The van der Waals surface area contributed by atoms with Crippen LogP contribution < -0.4 is 10.2 Å². The molecule has 2 unspecified atom stereocenters. The van der Waals surface area contributed by atoms with E-state index >= 15 is 0 Å². The number of anilines is 1. The van der Waals surface area contributed by atoms with Gasteiger partial charge in [0.05, 0.1) is 9.50 Å². The molecule has 1 aromatic heterocycles. The zero-order valence-electron chi connectivity index (χ0n) is 15.4. The van der Waals surface area contributed by atoms with Crippen molar-refractivity contribution < 1.29 is 14.3 Å². The van der Waals surface area contributed by atoms with E-state index in [-0.39, 0.29) is 17.4 Å². The highest BCUT2D eigenvalue weighted by Crippen LogP contribution is 2.53. The lowest BCUT2D eigenvalue weighted by Gasteiger charge is -2.27. The summed E-state index contributed by atoms with van der Waals surface area (Å²) >= 11 is 10.1. The summed E-state index contributed by atoms with van der Waals surface area (Å²) in [5, 5.41) is 3.56. The lowest BCUT2D eigenvalue weighted by Crippen LogP contribution is -2.40. The van der Waals surface area contributed by atoms with Gasteiger partial charge < -0.3 is 10.1 Å². The number of hydrogen-bond acceptors (Lipinski definition) is 4. The maximum atomic E-state index is 12.8. The fourth-order valence-corrected chi connectivity index (χ4v) is 4.60. The van der Waals surface area contributed by atoms with E-state index in [0.29, 0.717) is 21.9 Å². The molecule has 0 bridgehead atoms. The first kappa shape index (κ1) is 19.4. The molecule has 2 aliphatic rings. The topological polar surface area (TPSA) is 71.5 Å². The normalized spacial score (nSPS) is 24.7. The molecule has 0 aromatic carbocycles. The maximum absolute atomic E-state index is 12.8. The number of hydrogen-bond donors (Lipinski definition) is 1. The molecule has 0 saturated heterocycles. The highest BCUT2D eigenvalue weighted by atomic mass is 79.9. The van der Waals surface area contributed by atoms with Gasteiger partial charge in [0.15, 0.2) is 0 Å². The Hall–Kier alpha value is -1.34. The van der Waals surface area contributed by atoms with Gasteiger partial charge in [0.1, 0.15) is 11.4 Å². The van der Waals surface area contributed by atoms with Crippen molar-refractivity contribution in [2.75, 3.05) is 11.4 Å². The van der Waals surface area contributed by atoms with Crippen molar-refractivity contribution in [1.82, 2.24) is 10.3 Å². The van der Waals surface area contributed by atoms with Crippen LogP contribution in [0, 0.1) is 0 Å². The highest BCUT2D eigenvalue weighted by molar-refractivity contribution is 9.10. The van der Waals surface area contributed by atoms with E-state index in [1.807, 2.05) is 20.8 Å². The van der Waals surface area contributed by atoms with E-state index in [9.17, 15) is 9.59 Å². The van der Waals surface area contributed by atoms with Gasteiger partial charge in [-0.05, 0) is 56.0 Å². The number of fused-ring (bicyclic) bond motifs is 2. The molecule has 2 atom stereocenters. The number of carbonyl (C=O) groups excluding carboxylic acids is 2. The molecule has 1 aromatic rings. The molecule has 8 heteroatoms. The predicted octanol–water partition coefficient (Wildman–Crippen LogP) is 4.18. The second-order valence-corrected chi connectivity index (χ2v) is 9.34. The highest BCUT2D eigenvalue weighted by Gasteiger charge is 2.52. The van der Waals surface area contributed by atoms with Gasteiger partial charge in [0.25, 0.3) is 0 Å². The molecule has 1 aliphatic carbocycles. The lowest BCUT2D eigenvalue weighted by atomic mass is 9.81. The first-order valence-electron chi connectivity index (χ1n) is 8.64. The van der Waals surface area contributed by atoms with Gasteiger partial charge in [0.2, 0.25) is 5.91 Å². The molecule has 6 nitrogen and oxygen atoms in total. The number of carbonyl (C=O) groups is 2. The number of nitrogens with zero attached hydrogens (tertiary/aromatic N) is 2. The largest absolute Gasteiger partial charge is 0.443 e. The monoisotopic (exact) mass is 443 g/mol. The summed E-state index contributed by atoms with van der Waals surface area (Å²) in [4.78, 5) is 30.3. The third-order valence-electron chi connectivity index (χ3n) is 4.83. The Kier molecular flexibility index (Phi) is 4.99. The van der Waals surface area contributed by atoms with Crippen LogP contribution in [-0.4, -0.2) is 35.2 Å². The minimum Gasteiger partial charge on any atom is -0.443 e. The second-order valence-electron chi connectivity index (χ2n) is 8.11. The van der Waals surface area contributed by atoms with Crippen molar-refractivity contribution in [2.24, 2.45) is 0 Å². The number of amides is 2. The van der Waals surface area contributed by atoms with Crippen LogP contribution >= 0.6 is 27.5 Å². The van der Waals surface area contributed by atoms with Gasteiger partial charge in [-0.15, -0.1) is 0 Å². The van der Waals surface area contributed by atoms with Crippen molar-refractivity contribution in [2.45, 2.75) is 64.0 Å². The maximum Gasteiger partial charge on any atom is 0.416 e. The summed E-state index contributed by atoms with van der Waals surface area (Å²) in [6.07, 6.45) is 3.56. The smallest absolute Gasteiger partial charge is 0.416 e. The molecule has 3 rings (SSSR count). The second kappa shape index (κ2) is 6.68. The molecule has 0 radical (unpaired) electrons. The number of nitrogens with one attached hydrogen (secondary N) is 1. The SMILES string of the molecule is CC(=O)NC1CCC2(C1)CN(C(=O)OC(C)(C)C)c1ncc(Br)c(Cl)c12. The molecular formula is C18H23BrClN3O3. The van der Waals surface area contributed by atoms with Crippen LogP contribution in [0.3, 0.4) is 0 Å². The molecule has 1 aliphatic heterocycles. The van der Waals surface area contributed by atoms with E-state index in [4.69, 9.17) is 16.3 Å². The lowest BCUT2D eigenvalue weighted by molar-refractivity contribution is -0.119. The van der Waals surface area contributed by atoms with Gasteiger partial charge >= 0.3 is 6.09 Å². The van der Waals surface area contributed by atoms with Gasteiger partial charge in [-0.3, -0.25) is 9.69 Å². The van der Waals surface area contributed by atoms with Crippen molar-refractivity contribution in [3.8, 4) is 0 Å². The zero-order valence-corrected chi connectivity index (χ0v) is 17.7. The first-order valence-corrected chi connectivity index (χ1v) is 9.82. The van der Waals surface area contributed by atoms with Crippen molar-refractivity contribution in [1.29, 1.82) is 0 Å². The van der Waals surface area contributed by atoms with Gasteiger partial charge in [0, 0.05) is 36.7 Å². The molecule has 2 amide bonds. The predicted molar refractivity (Wildman–Crippen MR) is 104 cm³/mol. The average Bonchev–Trinajstić information content (AvgIpc) is 3.03. The summed E-state index contributed by atoms with van der Waals surface area (Å²) < 4.78 is 6.27. The average molecular weight is 445 g/mol. The van der Waals surface area contributed by atoms with Crippen molar-refractivity contribution >= 4 is 45.3 Å². The number of ether oxygens (including phenoxy) is 1. The minimum absolute atomic E-state index is 0.0484. The zero-order chi connectivity index (χ0) is 19.3. The molecule has 1 spiro atoms. The van der Waals surface area contributed by atoms with E-state index < -0.39 is 11.7 Å². The standard InChI is InChI=1S/C18H23BrClN3O3/c1-10(24)22-11-5-6-18(7-11)9-23(16(25)26-17(2,3)4)15-13(18)14(20)12(19)8-21-15/h8,11H,5-7,9H2,1-4H3,(H,22,24). The Labute approximate surface area is 166 Å². The van der Waals surface area contributed by atoms with E-state index in [2.05, 4.69) is 26.2 Å². The summed E-state index contributed by atoms with van der Waals surface area (Å²) in [5.74, 6) is 0.503. The van der Waals surface area contributed by atoms with Crippen LogP contribution in [0.5, 0.6) is 0 Å². The number of rotatable bonds is 1. The van der Waals surface area contributed by atoms with Crippen LogP contribution in [0.25, 0.3) is 0 Å². The van der Waals surface area contributed by atoms with Crippen molar-refractivity contribution in [3.63, 3.8) is 0 Å². The van der Waals surface area contributed by atoms with E-state index in [1.165, 1.54) is 6.92 Å². The molecule has 1 fully saturated rings. The molecular weight excluding hydrogens is 422 g/mol. The van der Waals surface area contributed by atoms with Crippen LogP contribution in [0.15, 0.2) is 10.7 Å². The summed E-state index contributed by atoms with van der Waals surface area (Å²) in [6, 6.07) is 0.0639. The number of pyridine rings is 1. The third kappa shape index (κ3) is 3.56. The molecule has 142 valence electrons. The summed E-state index contributed by atoms with van der Waals surface area (Å²) in [6.45, 7) is 7.48. The Morgan fingerprint density at radius 1 is 1.46 bits per heavy atom. The van der Waals surface area contributed by atoms with Gasteiger partial charge in [-0.1, -0.05) is 11.6 Å². The van der Waals surface area contributed by atoms with E-state index in [0.717, 1.165) is 24.8 Å². The quantitative estimate of drug-likeness (QED) is 0.705. The van der Waals surface area contributed by atoms with Gasteiger partial charge in [-0.2, -0.15) is 0 Å². The fraction of sp³-hybridized carbons (Fsp3) is 0.611. The molecule has 1 N–H and O–H groups in total. The summed E-state index contributed by atoms with van der Waals surface area (Å²) in [5.41, 5.74) is -0.0550. The van der Waals surface area contributed by atoms with Crippen LogP contribution in [-0.2, 0) is 14.9 Å². The third-order valence-corrected chi connectivity index (χ3v) is 6.05. The number of aromatic nitrogens is 1. The van der Waals surface area contributed by atoms with Crippen LogP contribution in [0.2, 0.25) is 5.02 Å². The Bertz CT molecular complexity index is 765. The Morgan fingerprint density at radius 3 is 2.77 bits per heavy atom. The molecule has 26 heavy (non-hydrogen) atoms. The van der Waals surface area contributed by atoms with Crippen LogP contribution in [0.4, 0.5) is 10.6 Å². The molecule has 1 saturated carbocycles. The minimum atomic E-state index is -0.597. The van der Waals surface area contributed by atoms with Crippen molar-refractivity contribution in [3.05, 3.63) is 21.3 Å². The van der Waals surface area contributed by atoms with Crippen LogP contribution in [0.1, 0.15) is 52.5 Å². The first-order chi connectivity index (χ1) is 12.0. The van der Waals surface area contributed by atoms with E-state index in [1.54, 1.807) is 11.1 Å². The molecule has 2 heterocycles. The Balaban J connectivity index is 1.99.